The molecule has 8 nitrogen and oxygen atoms in total. The molecule has 4 rings (SSSR count). The molecule has 0 radical (unpaired) electrons. The number of halogens is 3. The first-order chi connectivity index (χ1) is 19.1. The van der Waals surface area contributed by atoms with Crippen molar-refractivity contribution < 1.29 is 35.9 Å². The van der Waals surface area contributed by atoms with Crippen molar-refractivity contribution in [3.63, 3.8) is 0 Å². The molecule has 2 fully saturated rings. The second-order valence-electron chi connectivity index (χ2n) is 12.1. The number of carbonyl (C=O) groups excluding carboxylic acids is 1. The third-order valence-corrected chi connectivity index (χ3v) is 9.33. The molecule has 1 amide bonds. The van der Waals surface area contributed by atoms with Crippen LogP contribution in [0.15, 0.2) is 29.2 Å². The SMILES string of the molecule is Cc1c(C(=O)NC2CCOCC2)cc(-c2ccc(S(=O)(=O)NC(C)(C)C)c(OC(F)(F)F)c2)n1CC1CCCCC1. The predicted octanol–water partition coefficient (Wildman–Crippen LogP) is 5.93. The monoisotopic (exact) mass is 599 g/mol. The molecule has 1 saturated carbocycles. The average molecular weight is 600 g/mol. The van der Waals surface area contributed by atoms with Crippen molar-refractivity contribution in [1.82, 2.24) is 14.6 Å². The van der Waals surface area contributed by atoms with Crippen LogP contribution in [0.5, 0.6) is 5.75 Å². The van der Waals surface area contributed by atoms with E-state index >= 15 is 0 Å². The van der Waals surface area contributed by atoms with Gasteiger partial charge in [-0.05, 0) is 77.5 Å². The van der Waals surface area contributed by atoms with E-state index in [2.05, 4.69) is 14.8 Å². The van der Waals surface area contributed by atoms with E-state index in [1.807, 2.05) is 11.5 Å². The summed E-state index contributed by atoms with van der Waals surface area (Å²) in [6, 6.07) is 5.34. The number of aromatic nitrogens is 1. The van der Waals surface area contributed by atoms with Crippen molar-refractivity contribution in [2.24, 2.45) is 5.92 Å². The first-order valence-electron chi connectivity index (χ1n) is 14.2. The average Bonchev–Trinajstić information content (AvgIpc) is 3.18. The van der Waals surface area contributed by atoms with Gasteiger partial charge >= 0.3 is 6.36 Å². The normalized spacial score (nSPS) is 17.9. The summed E-state index contributed by atoms with van der Waals surface area (Å²) in [6.07, 6.45) is 1.73. The van der Waals surface area contributed by atoms with Crippen molar-refractivity contribution in [2.75, 3.05) is 13.2 Å². The molecule has 0 spiro atoms. The van der Waals surface area contributed by atoms with Gasteiger partial charge in [0.25, 0.3) is 5.91 Å². The minimum Gasteiger partial charge on any atom is -0.404 e. The summed E-state index contributed by atoms with van der Waals surface area (Å²) in [5, 5.41) is 3.07. The summed E-state index contributed by atoms with van der Waals surface area (Å²) in [7, 11) is -4.34. The molecule has 2 aliphatic rings. The second kappa shape index (κ2) is 12.3. The Labute approximate surface area is 240 Å². The molecule has 2 heterocycles. The lowest BCUT2D eigenvalue weighted by Crippen LogP contribution is -2.40. The molecule has 1 saturated heterocycles. The zero-order valence-electron chi connectivity index (χ0n) is 24.1. The van der Waals surface area contributed by atoms with Crippen LogP contribution in [0.3, 0.4) is 0 Å². The zero-order chi connectivity index (χ0) is 30.0. The Morgan fingerprint density at radius 2 is 1.71 bits per heavy atom. The van der Waals surface area contributed by atoms with Gasteiger partial charge in [-0.2, -0.15) is 0 Å². The quantitative estimate of drug-likeness (QED) is 0.392. The third kappa shape index (κ3) is 8.26. The predicted molar refractivity (Wildman–Crippen MR) is 149 cm³/mol. The fraction of sp³-hybridized carbons (Fsp3) is 0.621. The van der Waals surface area contributed by atoms with Crippen LogP contribution in [0.25, 0.3) is 11.3 Å². The fourth-order valence-corrected chi connectivity index (χ4v) is 7.16. The van der Waals surface area contributed by atoms with Gasteiger partial charge in [-0.1, -0.05) is 25.3 Å². The molecule has 0 atom stereocenters. The van der Waals surface area contributed by atoms with Crippen LogP contribution in [-0.2, 0) is 21.3 Å². The Hall–Kier alpha value is -2.57. The number of nitrogens with zero attached hydrogens (tertiary/aromatic N) is 1. The summed E-state index contributed by atoms with van der Waals surface area (Å²) in [5.74, 6) is -0.719. The third-order valence-electron chi connectivity index (χ3n) is 7.53. The van der Waals surface area contributed by atoms with Gasteiger partial charge in [0.1, 0.15) is 10.6 Å². The maximum absolute atomic E-state index is 13.5. The van der Waals surface area contributed by atoms with Gasteiger partial charge in [0.2, 0.25) is 10.0 Å². The Kier molecular flexibility index (Phi) is 9.45. The van der Waals surface area contributed by atoms with Gasteiger partial charge < -0.3 is 19.4 Å². The van der Waals surface area contributed by atoms with Crippen LogP contribution in [0, 0.1) is 12.8 Å². The van der Waals surface area contributed by atoms with Gasteiger partial charge in [-0.3, -0.25) is 4.79 Å². The van der Waals surface area contributed by atoms with E-state index in [4.69, 9.17) is 4.74 Å². The largest absolute Gasteiger partial charge is 0.573 e. The minimum atomic E-state index is -5.11. The molecular formula is C29H40F3N3O5S. The molecule has 228 valence electrons. The van der Waals surface area contributed by atoms with Gasteiger partial charge in [-0.15, -0.1) is 13.2 Å². The number of hydrogen-bond acceptors (Lipinski definition) is 5. The Morgan fingerprint density at radius 3 is 2.32 bits per heavy atom. The van der Waals surface area contributed by atoms with Gasteiger partial charge in [0, 0.05) is 48.3 Å². The number of amides is 1. The van der Waals surface area contributed by atoms with Crippen molar-refractivity contribution in [1.29, 1.82) is 0 Å². The number of rotatable bonds is 8. The van der Waals surface area contributed by atoms with E-state index in [9.17, 15) is 26.4 Å². The highest BCUT2D eigenvalue weighted by Crippen LogP contribution is 2.37. The zero-order valence-corrected chi connectivity index (χ0v) is 24.9. The smallest absolute Gasteiger partial charge is 0.404 e. The number of alkyl halides is 3. The molecule has 1 aromatic carbocycles. The topological polar surface area (TPSA) is 98.7 Å². The van der Waals surface area contributed by atoms with Crippen molar-refractivity contribution in [3.05, 3.63) is 35.5 Å². The van der Waals surface area contributed by atoms with Crippen LogP contribution in [0.2, 0.25) is 0 Å². The van der Waals surface area contributed by atoms with Crippen LogP contribution >= 0.6 is 0 Å². The molecule has 0 bridgehead atoms. The van der Waals surface area contributed by atoms with Crippen molar-refractivity contribution in [2.45, 2.75) is 102 Å². The van der Waals surface area contributed by atoms with E-state index in [0.29, 0.717) is 61.0 Å². The number of carbonyl (C=O) groups is 1. The summed E-state index contributed by atoms with van der Waals surface area (Å²) < 4.78 is 80.5. The lowest BCUT2D eigenvalue weighted by molar-refractivity contribution is -0.275. The first-order valence-corrected chi connectivity index (χ1v) is 15.6. The molecule has 1 aliphatic carbocycles. The van der Waals surface area contributed by atoms with Crippen molar-refractivity contribution in [3.8, 4) is 17.0 Å². The van der Waals surface area contributed by atoms with Crippen LogP contribution < -0.4 is 14.8 Å². The number of hydrogen-bond donors (Lipinski definition) is 2. The van der Waals surface area contributed by atoms with Crippen LogP contribution in [-0.4, -0.2) is 50.0 Å². The number of nitrogens with one attached hydrogen (secondary N) is 2. The Balaban J connectivity index is 1.78. The molecule has 2 N–H and O–H groups in total. The standard InChI is InChI=1S/C29H40F3N3O5S/c1-19-23(27(36)33-22-12-14-39-15-13-22)17-24(35(19)18-20-8-6-5-7-9-20)21-10-11-26(25(16-21)40-29(30,31)32)41(37,38)34-28(2,3)4/h10-11,16-17,20,22,34H,5-9,12-15,18H2,1-4H3,(H,33,36). The molecule has 1 aliphatic heterocycles. The van der Waals surface area contributed by atoms with E-state index in [0.717, 1.165) is 37.8 Å². The van der Waals surface area contributed by atoms with E-state index < -0.39 is 32.6 Å². The van der Waals surface area contributed by atoms with E-state index in [1.165, 1.54) is 12.5 Å². The lowest BCUT2D eigenvalue weighted by Gasteiger charge is -2.25. The molecule has 1 aromatic heterocycles. The summed E-state index contributed by atoms with van der Waals surface area (Å²) in [6.45, 7) is 8.36. The van der Waals surface area contributed by atoms with E-state index in [-0.39, 0.29) is 11.9 Å². The Bertz CT molecular complexity index is 1340. The highest BCUT2D eigenvalue weighted by atomic mass is 32.2. The first kappa shape index (κ1) is 31.4. The summed E-state index contributed by atoms with van der Waals surface area (Å²) in [4.78, 5) is 12.8. The summed E-state index contributed by atoms with van der Waals surface area (Å²) >= 11 is 0. The molecule has 12 heteroatoms. The van der Waals surface area contributed by atoms with Crippen LogP contribution in [0.4, 0.5) is 13.2 Å². The van der Waals surface area contributed by atoms with Crippen LogP contribution in [0.1, 0.15) is 81.8 Å². The molecular weight excluding hydrogens is 559 g/mol. The van der Waals surface area contributed by atoms with Gasteiger partial charge in [-0.25, -0.2) is 13.1 Å². The number of ether oxygens (including phenoxy) is 2. The lowest BCUT2D eigenvalue weighted by atomic mass is 9.89. The minimum absolute atomic E-state index is 0.0209. The fourth-order valence-electron chi connectivity index (χ4n) is 5.63. The second-order valence-corrected chi connectivity index (χ2v) is 13.7. The number of sulfonamides is 1. The van der Waals surface area contributed by atoms with Gasteiger partial charge in [0.15, 0.2) is 0 Å². The highest BCUT2D eigenvalue weighted by molar-refractivity contribution is 7.89. The maximum atomic E-state index is 13.5. The highest BCUT2D eigenvalue weighted by Gasteiger charge is 2.35. The summed E-state index contributed by atoms with van der Waals surface area (Å²) in [5.41, 5.74) is 1.07. The van der Waals surface area contributed by atoms with Crippen molar-refractivity contribution >= 4 is 15.9 Å². The molecule has 2 aromatic rings. The van der Waals surface area contributed by atoms with Gasteiger partial charge in [0.05, 0.1) is 5.56 Å². The number of benzene rings is 1. The van der Waals surface area contributed by atoms with E-state index in [1.54, 1.807) is 26.8 Å². The maximum Gasteiger partial charge on any atom is 0.573 e. The molecule has 41 heavy (non-hydrogen) atoms. The Morgan fingerprint density at radius 1 is 1.05 bits per heavy atom. The molecule has 0 unspecified atom stereocenters.